The maximum absolute atomic E-state index is 13.4. The van der Waals surface area contributed by atoms with Gasteiger partial charge in [-0.2, -0.15) is 0 Å². The molecule has 0 spiro atoms. The standard InChI is InChI=1S/C13H17ClFNO2/c1-5-16(12(17)18-13(2,3)4)9-6-7-10(14)11(15)8-9/h6-8H,5H2,1-4H3. The SMILES string of the molecule is CCN(C(=O)OC(C)(C)C)c1ccc(Cl)c(F)c1. The lowest BCUT2D eigenvalue weighted by Crippen LogP contribution is -2.36. The van der Waals surface area contributed by atoms with E-state index in [9.17, 15) is 9.18 Å². The van der Waals surface area contributed by atoms with Crippen LogP contribution < -0.4 is 4.90 Å². The lowest BCUT2D eigenvalue weighted by Gasteiger charge is -2.26. The third-order valence-corrected chi connectivity index (χ3v) is 2.45. The molecule has 0 aliphatic heterocycles. The molecule has 100 valence electrons. The third-order valence-electron chi connectivity index (χ3n) is 2.14. The van der Waals surface area contributed by atoms with Crippen LogP contribution in [0.4, 0.5) is 14.9 Å². The Morgan fingerprint density at radius 1 is 1.44 bits per heavy atom. The predicted octanol–water partition coefficient (Wildman–Crippen LogP) is 4.24. The Morgan fingerprint density at radius 3 is 2.50 bits per heavy atom. The van der Waals surface area contributed by atoms with Gasteiger partial charge in [0.2, 0.25) is 0 Å². The van der Waals surface area contributed by atoms with Crippen molar-refractivity contribution in [1.82, 2.24) is 0 Å². The van der Waals surface area contributed by atoms with Crippen LogP contribution in [0.3, 0.4) is 0 Å². The second-order valence-electron chi connectivity index (χ2n) is 4.82. The van der Waals surface area contributed by atoms with Crippen molar-refractivity contribution in [2.24, 2.45) is 0 Å². The Hall–Kier alpha value is -1.29. The maximum Gasteiger partial charge on any atom is 0.414 e. The van der Waals surface area contributed by atoms with Crippen LogP contribution in [0, 0.1) is 5.82 Å². The van der Waals surface area contributed by atoms with Crippen molar-refractivity contribution in [3.05, 3.63) is 29.0 Å². The van der Waals surface area contributed by atoms with Gasteiger partial charge in [0.15, 0.2) is 0 Å². The number of rotatable bonds is 2. The molecule has 0 heterocycles. The number of nitrogens with zero attached hydrogens (tertiary/aromatic N) is 1. The molecule has 1 rings (SSSR count). The molecular weight excluding hydrogens is 257 g/mol. The van der Waals surface area contributed by atoms with Gasteiger partial charge in [-0.05, 0) is 45.9 Å². The number of anilines is 1. The average molecular weight is 274 g/mol. The zero-order chi connectivity index (χ0) is 13.9. The lowest BCUT2D eigenvalue weighted by molar-refractivity contribution is 0.0582. The van der Waals surface area contributed by atoms with Crippen LogP contribution in [-0.4, -0.2) is 18.2 Å². The fraction of sp³-hybridized carbons (Fsp3) is 0.462. The molecule has 0 bridgehead atoms. The van der Waals surface area contributed by atoms with Crippen LogP contribution in [-0.2, 0) is 4.74 Å². The van der Waals surface area contributed by atoms with Crippen molar-refractivity contribution in [3.63, 3.8) is 0 Å². The quantitative estimate of drug-likeness (QED) is 0.806. The predicted molar refractivity (Wildman–Crippen MR) is 70.7 cm³/mol. The normalized spacial score (nSPS) is 11.2. The van der Waals surface area contributed by atoms with Gasteiger partial charge in [0, 0.05) is 6.54 Å². The van der Waals surface area contributed by atoms with E-state index in [0.717, 1.165) is 0 Å². The minimum atomic E-state index is -0.588. The zero-order valence-electron chi connectivity index (χ0n) is 11.0. The highest BCUT2D eigenvalue weighted by Crippen LogP contribution is 2.23. The molecule has 18 heavy (non-hydrogen) atoms. The van der Waals surface area contributed by atoms with Crippen LogP contribution >= 0.6 is 11.6 Å². The first kappa shape index (κ1) is 14.8. The van der Waals surface area contributed by atoms with Gasteiger partial charge in [0.1, 0.15) is 11.4 Å². The summed E-state index contributed by atoms with van der Waals surface area (Å²) in [6.45, 7) is 7.51. The van der Waals surface area contributed by atoms with Crippen molar-refractivity contribution in [3.8, 4) is 0 Å². The highest BCUT2D eigenvalue weighted by Gasteiger charge is 2.22. The van der Waals surface area contributed by atoms with Gasteiger partial charge in [0.25, 0.3) is 0 Å². The number of benzene rings is 1. The topological polar surface area (TPSA) is 29.5 Å². The molecule has 0 aromatic heterocycles. The van der Waals surface area contributed by atoms with Crippen LogP contribution in [0.25, 0.3) is 0 Å². The number of carbonyl (C=O) groups excluding carboxylic acids is 1. The average Bonchev–Trinajstić information content (AvgIpc) is 2.21. The van der Waals surface area contributed by atoms with Crippen molar-refractivity contribution >= 4 is 23.4 Å². The third kappa shape index (κ3) is 3.88. The molecule has 1 amide bonds. The van der Waals surface area contributed by atoms with Crippen molar-refractivity contribution in [2.45, 2.75) is 33.3 Å². The van der Waals surface area contributed by atoms with Gasteiger partial charge < -0.3 is 4.74 Å². The van der Waals surface area contributed by atoms with E-state index >= 15 is 0 Å². The second kappa shape index (κ2) is 5.57. The molecule has 1 aromatic carbocycles. The summed E-state index contributed by atoms with van der Waals surface area (Å²) in [5, 5.41) is 0.0268. The molecule has 0 unspecified atom stereocenters. The van der Waals surface area contributed by atoms with Gasteiger partial charge in [-0.3, -0.25) is 4.90 Å². The van der Waals surface area contributed by atoms with Gasteiger partial charge >= 0.3 is 6.09 Å². The fourth-order valence-corrected chi connectivity index (χ4v) is 1.50. The number of hydrogen-bond acceptors (Lipinski definition) is 2. The van der Waals surface area contributed by atoms with E-state index in [-0.39, 0.29) is 5.02 Å². The van der Waals surface area contributed by atoms with E-state index in [1.165, 1.54) is 17.0 Å². The van der Waals surface area contributed by atoms with Crippen LogP contribution in [0.15, 0.2) is 18.2 Å². The van der Waals surface area contributed by atoms with E-state index in [0.29, 0.717) is 12.2 Å². The molecule has 0 fully saturated rings. The molecule has 0 atom stereocenters. The highest BCUT2D eigenvalue weighted by atomic mass is 35.5. The fourth-order valence-electron chi connectivity index (χ4n) is 1.39. The van der Waals surface area contributed by atoms with E-state index in [1.54, 1.807) is 33.8 Å². The number of carbonyl (C=O) groups is 1. The Balaban J connectivity index is 2.95. The van der Waals surface area contributed by atoms with Gasteiger partial charge in [-0.1, -0.05) is 11.6 Å². The summed E-state index contributed by atoms with van der Waals surface area (Å²) in [5.74, 6) is -0.559. The van der Waals surface area contributed by atoms with E-state index in [4.69, 9.17) is 16.3 Å². The lowest BCUT2D eigenvalue weighted by atomic mass is 10.2. The van der Waals surface area contributed by atoms with Crippen molar-refractivity contribution in [1.29, 1.82) is 0 Å². The molecule has 0 aliphatic rings. The smallest absolute Gasteiger partial charge is 0.414 e. The van der Waals surface area contributed by atoms with Gasteiger partial charge in [-0.25, -0.2) is 9.18 Å². The summed E-state index contributed by atoms with van der Waals surface area (Å²) in [6.07, 6.45) is -0.508. The summed E-state index contributed by atoms with van der Waals surface area (Å²) in [5.41, 5.74) is -0.163. The molecule has 0 aliphatic carbocycles. The minimum Gasteiger partial charge on any atom is -0.443 e. The molecular formula is C13H17ClFNO2. The van der Waals surface area contributed by atoms with Crippen molar-refractivity contribution in [2.75, 3.05) is 11.4 Å². The van der Waals surface area contributed by atoms with Crippen LogP contribution in [0.1, 0.15) is 27.7 Å². The summed E-state index contributed by atoms with van der Waals surface area (Å²) >= 11 is 5.60. The molecule has 0 saturated heterocycles. The first-order valence-electron chi connectivity index (χ1n) is 5.70. The monoisotopic (exact) mass is 273 g/mol. The minimum absolute atomic E-state index is 0.0268. The summed E-state index contributed by atoms with van der Waals surface area (Å²) in [4.78, 5) is 13.3. The molecule has 5 heteroatoms. The maximum atomic E-state index is 13.4. The molecule has 0 N–H and O–H groups in total. The second-order valence-corrected chi connectivity index (χ2v) is 5.23. The van der Waals surface area contributed by atoms with Crippen molar-refractivity contribution < 1.29 is 13.9 Å². The highest BCUT2D eigenvalue weighted by molar-refractivity contribution is 6.30. The van der Waals surface area contributed by atoms with E-state index in [1.807, 2.05) is 0 Å². The van der Waals surface area contributed by atoms with Crippen LogP contribution in [0.2, 0.25) is 5.02 Å². The zero-order valence-corrected chi connectivity index (χ0v) is 11.7. The number of amides is 1. The number of hydrogen-bond donors (Lipinski definition) is 0. The molecule has 0 saturated carbocycles. The van der Waals surface area contributed by atoms with Crippen LogP contribution in [0.5, 0.6) is 0 Å². The Bertz CT molecular complexity index is 443. The van der Waals surface area contributed by atoms with Gasteiger partial charge in [-0.15, -0.1) is 0 Å². The first-order valence-corrected chi connectivity index (χ1v) is 6.08. The van der Waals surface area contributed by atoms with E-state index < -0.39 is 17.5 Å². The first-order chi connectivity index (χ1) is 8.24. The Labute approximate surface area is 111 Å². The Kier molecular flexibility index (Phi) is 4.57. The largest absolute Gasteiger partial charge is 0.443 e. The molecule has 3 nitrogen and oxygen atoms in total. The summed E-state index contributed by atoms with van der Waals surface area (Å²) in [7, 11) is 0. The van der Waals surface area contributed by atoms with E-state index in [2.05, 4.69) is 0 Å². The Morgan fingerprint density at radius 2 is 2.06 bits per heavy atom. The molecule has 0 radical (unpaired) electrons. The number of ether oxygens (including phenoxy) is 1. The summed E-state index contributed by atoms with van der Waals surface area (Å²) in [6, 6.07) is 4.22. The molecule has 1 aromatic rings. The summed E-state index contributed by atoms with van der Waals surface area (Å²) < 4.78 is 18.6. The van der Waals surface area contributed by atoms with Gasteiger partial charge in [0.05, 0.1) is 10.7 Å². The number of halogens is 2.